The molecule has 2 heterocycles. The molecule has 5 rings (SSSR count). The van der Waals surface area contributed by atoms with Crippen LogP contribution < -0.4 is 0 Å². The summed E-state index contributed by atoms with van der Waals surface area (Å²) in [5.41, 5.74) is 3.15. The highest BCUT2D eigenvalue weighted by Gasteiger charge is 2.46. The van der Waals surface area contributed by atoms with Crippen molar-refractivity contribution in [3.05, 3.63) is 93.4 Å². The number of methoxy groups -OCH3 is 1. The maximum Gasteiger partial charge on any atom is 0.242 e. The molecule has 1 saturated carbocycles. The van der Waals surface area contributed by atoms with Crippen molar-refractivity contribution < 1.29 is 18.7 Å². The Bertz CT molecular complexity index is 1200. The van der Waals surface area contributed by atoms with Gasteiger partial charge in [0, 0.05) is 37.6 Å². The first-order valence-electron chi connectivity index (χ1n) is 12.5. The van der Waals surface area contributed by atoms with Gasteiger partial charge in [-0.2, -0.15) is 0 Å². The summed E-state index contributed by atoms with van der Waals surface area (Å²) in [6, 6.07) is 18.3. The first-order chi connectivity index (χ1) is 17.6. The van der Waals surface area contributed by atoms with Crippen LogP contribution in [0, 0.1) is 11.7 Å². The summed E-state index contributed by atoms with van der Waals surface area (Å²) < 4.78 is 18.9. The van der Waals surface area contributed by atoms with Gasteiger partial charge in [0.15, 0.2) is 0 Å². The Hall–Kier alpha value is -3.03. The number of amides is 2. The molecule has 0 bridgehead atoms. The van der Waals surface area contributed by atoms with Gasteiger partial charge in [-0.15, -0.1) is 11.3 Å². The Labute approximate surface area is 215 Å². The van der Waals surface area contributed by atoms with Gasteiger partial charge in [-0.3, -0.25) is 9.59 Å². The number of hydrogen-bond donors (Lipinski definition) is 0. The molecule has 1 aromatic heterocycles. The van der Waals surface area contributed by atoms with Gasteiger partial charge in [-0.25, -0.2) is 4.39 Å². The number of halogens is 1. The molecule has 3 aromatic rings. The van der Waals surface area contributed by atoms with Crippen molar-refractivity contribution in [3.63, 3.8) is 0 Å². The Morgan fingerprint density at radius 2 is 1.86 bits per heavy atom. The highest BCUT2D eigenvalue weighted by molar-refractivity contribution is 7.10. The van der Waals surface area contributed by atoms with E-state index >= 15 is 0 Å². The van der Waals surface area contributed by atoms with Crippen LogP contribution in [0.2, 0.25) is 0 Å². The molecular formula is C29H31FN2O3S. The van der Waals surface area contributed by atoms with E-state index in [9.17, 15) is 14.0 Å². The number of thiophene rings is 1. The first-order valence-corrected chi connectivity index (χ1v) is 13.4. The van der Waals surface area contributed by atoms with Crippen molar-refractivity contribution in [2.45, 2.75) is 31.2 Å². The molecule has 188 valence electrons. The predicted molar refractivity (Wildman–Crippen MR) is 138 cm³/mol. The lowest BCUT2D eigenvalue weighted by atomic mass is 9.93. The smallest absolute Gasteiger partial charge is 0.242 e. The SMILES string of the molecule is COCCCN(CC(=O)N1CCc2sccc2C1c1ccc(F)cc1)C(=O)C1CC1c1ccccc1. The third kappa shape index (κ3) is 5.22. The Morgan fingerprint density at radius 1 is 1.08 bits per heavy atom. The zero-order valence-corrected chi connectivity index (χ0v) is 21.3. The molecule has 0 saturated heterocycles. The molecule has 0 N–H and O–H groups in total. The van der Waals surface area contributed by atoms with E-state index in [4.69, 9.17) is 4.74 Å². The van der Waals surface area contributed by atoms with Crippen LogP contribution in [0.3, 0.4) is 0 Å². The lowest BCUT2D eigenvalue weighted by Crippen LogP contribution is -2.47. The van der Waals surface area contributed by atoms with Gasteiger partial charge in [-0.05, 0) is 65.4 Å². The molecule has 1 fully saturated rings. The van der Waals surface area contributed by atoms with E-state index in [0.717, 1.165) is 24.0 Å². The summed E-state index contributed by atoms with van der Waals surface area (Å²) in [5.74, 6) is -0.205. The summed E-state index contributed by atoms with van der Waals surface area (Å²) >= 11 is 1.69. The van der Waals surface area contributed by atoms with Gasteiger partial charge in [0.25, 0.3) is 0 Å². The van der Waals surface area contributed by atoms with E-state index < -0.39 is 0 Å². The second kappa shape index (κ2) is 10.9. The highest BCUT2D eigenvalue weighted by atomic mass is 32.1. The van der Waals surface area contributed by atoms with Crippen LogP contribution in [0.4, 0.5) is 4.39 Å². The maximum absolute atomic E-state index is 13.8. The van der Waals surface area contributed by atoms with Crippen molar-refractivity contribution in [3.8, 4) is 0 Å². The summed E-state index contributed by atoms with van der Waals surface area (Å²) in [4.78, 5) is 32.1. The topological polar surface area (TPSA) is 49.9 Å². The summed E-state index contributed by atoms with van der Waals surface area (Å²) in [5, 5.41) is 2.05. The Morgan fingerprint density at radius 3 is 2.61 bits per heavy atom. The van der Waals surface area contributed by atoms with Crippen molar-refractivity contribution in [1.29, 1.82) is 0 Å². The number of carbonyl (C=O) groups is 2. The molecule has 5 nitrogen and oxygen atoms in total. The van der Waals surface area contributed by atoms with Crippen molar-refractivity contribution >= 4 is 23.2 Å². The number of nitrogens with zero attached hydrogens (tertiary/aromatic N) is 2. The summed E-state index contributed by atoms with van der Waals surface area (Å²) in [6.07, 6.45) is 2.28. The number of fused-ring (bicyclic) bond motifs is 1. The molecule has 3 unspecified atom stereocenters. The molecular weight excluding hydrogens is 475 g/mol. The number of hydrogen-bond acceptors (Lipinski definition) is 4. The summed E-state index contributed by atoms with van der Waals surface area (Å²) in [6.45, 7) is 1.63. The van der Waals surface area contributed by atoms with Gasteiger partial charge in [0.05, 0.1) is 12.6 Å². The molecule has 2 aliphatic rings. The average molecular weight is 507 g/mol. The van der Waals surface area contributed by atoms with Crippen molar-refractivity contribution in [2.75, 3.05) is 33.4 Å². The number of rotatable bonds is 9. The highest BCUT2D eigenvalue weighted by Crippen LogP contribution is 2.48. The van der Waals surface area contributed by atoms with Crippen molar-refractivity contribution in [1.82, 2.24) is 9.80 Å². The van der Waals surface area contributed by atoms with Gasteiger partial charge in [0.2, 0.25) is 11.8 Å². The van der Waals surface area contributed by atoms with Gasteiger partial charge >= 0.3 is 0 Å². The van der Waals surface area contributed by atoms with Crippen LogP contribution in [-0.2, 0) is 20.7 Å². The lowest BCUT2D eigenvalue weighted by molar-refractivity contribution is -0.142. The zero-order valence-electron chi connectivity index (χ0n) is 20.4. The first kappa shape index (κ1) is 24.7. The molecule has 3 atom stereocenters. The third-order valence-electron chi connectivity index (χ3n) is 7.22. The summed E-state index contributed by atoms with van der Waals surface area (Å²) in [7, 11) is 1.64. The number of ether oxygens (including phenoxy) is 1. The minimum Gasteiger partial charge on any atom is -0.385 e. The van der Waals surface area contributed by atoms with E-state index in [-0.39, 0.29) is 42.1 Å². The van der Waals surface area contributed by atoms with Crippen LogP contribution in [0.25, 0.3) is 0 Å². The Balaban J connectivity index is 1.35. The monoisotopic (exact) mass is 506 g/mol. The van der Waals surface area contributed by atoms with Gasteiger partial charge in [-0.1, -0.05) is 42.5 Å². The predicted octanol–water partition coefficient (Wildman–Crippen LogP) is 5.03. The lowest BCUT2D eigenvalue weighted by Gasteiger charge is -2.37. The average Bonchev–Trinajstić information content (AvgIpc) is 3.56. The van der Waals surface area contributed by atoms with Gasteiger partial charge < -0.3 is 14.5 Å². The van der Waals surface area contributed by atoms with Crippen LogP contribution in [0.5, 0.6) is 0 Å². The number of carbonyl (C=O) groups excluding carboxylic acids is 2. The van der Waals surface area contributed by atoms with E-state index in [1.165, 1.54) is 22.6 Å². The third-order valence-corrected chi connectivity index (χ3v) is 8.22. The largest absolute Gasteiger partial charge is 0.385 e. The van der Waals surface area contributed by atoms with E-state index in [1.807, 2.05) is 28.5 Å². The second-order valence-electron chi connectivity index (χ2n) is 9.56. The Kier molecular flexibility index (Phi) is 7.48. The molecule has 1 aliphatic heterocycles. The second-order valence-corrected chi connectivity index (χ2v) is 10.6. The molecule has 0 radical (unpaired) electrons. The molecule has 7 heteroatoms. The fraction of sp³-hybridized carbons (Fsp3) is 0.379. The molecule has 2 amide bonds. The molecule has 1 aliphatic carbocycles. The van der Waals surface area contributed by atoms with Crippen LogP contribution >= 0.6 is 11.3 Å². The van der Waals surface area contributed by atoms with Gasteiger partial charge in [0.1, 0.15) is 5.82 Å². The minimum atomic E-state index is -0.301. The van der Waals surface area contributed by atoms with E-state index in [1.54, 1.807) is 35.5 Å². The zero-order chi connectivity index (χ0) is 25.1. The molecule has 36 heavy (non-hydrogen) atoms. The molecule has 0 spiro atoms. The van der Waals surface area contributed by atoms with E-state index in [0.29, 0.717) is 26.1 Å². The minimum absolute atomic E-state index is 0.0394. The number of benzene rings is 2. The quantitative estimate of drug-likeness (QED) is 0.383. The fourth-order valence-corrected chi connectivity index (χ4v) is 6.19. The maximum atomic E-state index is 13.8. The van der Waals surface area contributed by atoms with Crippen LogP contribution in [0.15, 0.2) is 66.0 Å². The standard InChI is InChI=1S/C29H31FN2O3S/c1-35-16-5-14-31(29(34)25-18-24(25)20-6-3-2-4-7-20)19-27(33)32-15-12-26-23(13-17-36-26)28(32)21-8-10-22(30)11-9-21/h2-4,6-11,13,17,24-25,28H,5,12,14-16,18-19H2,1H3. The fourth-order valence-electron chi connectivity index (χ4n) is 5.28. The van der Waals surface area contributed by atoms with Crippen LogP contribution in [-0.4, -0.2) is 55.0 Å². The van der Waals surface area contributed by atoms with Crippen LogP contribution in [0.1, 0.15) is 46.4 Å². The normalized spacial score (nSPS) is 20.6. The molecule has 2 aromatic carbocycles. The van der Waals surface area contributed by atoms with E-state index in [2.05, 4.69) is 18.2 Å². The van der Waals surface area contributed by atoms with Crippen molar-refractivity contribution in [2.24, 2.45) is 5.92 Å².